The SMILES string of the molecule is CCCCCCCCCCCCCC(=O)OC1(OC(=O)CCCCCCCCCCCCC)CCCCC1. The molecular weight excluding hydrogens is 472 g/mol. The smallest absolute Gasteiger partial charge is 0.309 e. The number of unbranched alkanes of at least 4 members (excludes halogenated alkanes) is 20. The zero-order valence-corrected chi connectivity index (χ0v) is 25.6. The molecule has 1 fully saturated rings. The first-order valence-corrected chi connectivity index (χ1v) is 17.1. The number of rotatable bonds is 26. The van der Waals surface area contributed by atoms with Gasteiger partial charge >= 0.3 is 11.9 Å². The maximum absolute atomic E-state index is 12.6. The van der Waals surface area contributed by atoms with Gasteiger partial charge in [-0.2, -0.15) is 0 Å². The van der Waals surface area contributed by atoms with Gasteiger partial charge in [0.1, 0.15) is 0 Å². The summed E-state index contributed by atoms with van der Waals surface area (Å²) in [6, 6.07) is 0. The van der Waals surface area contributed by atoms with Crippen molar-refractivity contribution in [2.45, 2.75) is 206 Å². The summed E-state index contributed by atoms with van der Waals surface area (Å²) >= 11 is 0. The lowest BCUT2D eigenvalue weighted by Gasteiger charge is -2.35. The van der Waals surface area contributed by atoms with Gasteiger partial charge in [-0.3, -0.25) is 9.59 Å². The van der Waals surface area contributed by atoms with Gasteiger partial charge in [-0.1, -0.05) is 149 Å². The predicted molar refractivity (Wildman–Crippen MR) is 160 cm³/mol. The molecule has 0 radical (unpaired) electrons. The predicted octanol–water partition coefficient (Wildman–Crippen LogP) is 11.1. The molecule has 0 bridgehead atoms. The summed E-state index contributed by atoms with van der Waals surface area (Å²) in [7, 11) is 0. The van der Waals surface area contributed by atoms with Crippen LogP contribution in [0.5, 0.6) is 0 Å². The molecule has 0 saturated heterocycles. The lowest BCUT2D eigenvalue weighted by Crippen LogP contribution is -2.42. The third-order valence-corrected chi connectivity index (χ3v) is 8.18. The van der Waals surface area contributed by atoms with Gasteiger partial charge in [0.25, 0.3) is 5.79 Å². The van der Waals surface area contributed by atoms with Crippen LogP contribution in [0.3, 0.4) is 0 Å². The molecule has 224 valence electrons. The number of hydrogen-bond acceptors (Lipinski definition) is 4. The van der Waals surface area contributed by atoms with E-state index in [4.69, 9.17) is 9.47 Å². The fourth-order valence-electron chi connectivity index (χ4n) is 5.70. The fourth-order valence-corrected chi connectivity index (χ4v) is 5.70. The van der Waals surface area contributed by atoms with Gasteiger partial charge in [-0.15, -0.1) is 0 Å². The third-order valence-electron chi connectivity index (χ3n) is 8.18. The second-order valence-corrected chi connectivity index (χ2v) is 12.0. The molecule has 38 heavy (non-hydrogen) atoms. The quantitative estimate of drug-likeness (QED) is 0.0626. The Bertz CT molecular complexity index is 511. The number of carbonyl (C=O) groups excluding carboxylic acids is 2. The van der Waals surface area contributed by atoms with Crippen molar-refractivity contribution >= 4 is 11.9 Å². The molecular formula is C34H64O4. The first kappa shape index (κ1) is 35.0. The van der Waals surface area contributed by atoms with E-state index in [0.29, 0.717) is 25.7 Å². The summed E-state index contributed by atoms with van der Waals surface area (Å²) in [6.45, 7) is 4.52. The first-order valence-electron chi connectivity index (χ1n) is 17.1. The van der Waals surface area contributed by atoms with Crippen molar-refractivity contribution in [3.8, 4) is 0 Å². The molecule has 0 spiro atoms. The molecule has 0 atom stereocenters. The van der Waals surface area contributed by atoms with Crippen molar-refractivity contribution in [2.24, 2.45) is 0 Å². The van der Waals surface area contributed by atoms with Crippen LogP contribution >= 0.6 is 0 Å². The Kier molecular flexibility index (Phi) is 23.0. The highest BCUT2D eigenvalue weighted by molar-refractivity contribution is 5.72. The van der Waals surface area contributed by atoms with Crippen LogP contribution in [-0.4, -0.2) is 17.7 Å². The van der Waals surface area contributed by atoms with Crippen molar-refractivity contribution in [1.29, 1.82) is 0 Å². The summed E-state index contributed by atoms with van der Waals surface area (Å²) < 4.78 is 11.7. The van der Waals surface area contributed by atoms with E-state index in [-0.39, 0.29) is 11.9 Å². The van der Waals surface area contributed by atoms with E-state index in [9.17, 15) is 9.59 Å². The largest absolute Gasteiger partial charge is 0.422 e. The average molecular weight is 537 g/mol. The topological polar surface area (TPSA) is 52.6 Å². The minimum Gasteiger partial charge on any atom is -0.422 e. The Balaban J connectivity index is 2.12. The summed E-state index contributed by atoms with van der Waals surface area (Å²) in [5.41, 5.74) is 0. The summed E-state index contributed by atoms with van der Waals surface area (Å²) in [4.78, 5) is 25.2. The van der Waals surface area contributed by atoms with Crippen LogP contribution in [0, 0.1) is 0 Å². The van der Waals surface area contributed by atoms with Crippen molar-refractivity contribution in [2.75, 3.05) is 0 Å². The van der Waals surface area contributed by atoms with E-state index < -0.39 is 5.79 Å². The number of ether oxygens (including phenoxy) is 2. The molecule has 1 saturated carbocycles. The first-order chi connectivity index (χ1) is 18.6. The maximum Gasteiger partial charge on any atom is 0.309 e. The highest BCUT2D eigenvalue weighted by Crippen LogP contribution is 2.34. The molecule has 0 aliphatic heterocycles. The molecule has 0 aromatic heterocycles. The number of carbonyl (C=O) groups is 2. The highest BCUT2D eigenvalue weighted by Gasteiger charge is 2.39. The molecule has 0 unspecified atom stereocenters. The molecule has 1 aliphatic carbocycles. The molecule has 0 aromatic rings. The van der Waals surface area contributed by atoms with Crippen LogP contribution in [0.1, 0.15) is 200 Å². The fraction of sp³-hybridized carbons (Fsp3) is 0.941. The van der Waals surface area contributed by atoms with Crippen molar-refractivity contribution in [3.63, 3.8) is 0 Å². The van der Waals surface area contributed by atoms with Crippen LogP contribution in [0.25, 0.3) is 0 Å². The molecule has 0 N–H and O–H groups in total. The Morgan fingerprint density at radius 3 is 1.05 bits per heavy atom. The van der Waals surface area contributed by atoms with Crippen molar-refractivity contribution in [3.05, 3.63) is 0 Å². The average Bonchev–Trinajstić information content (AvgIpc) is 2.90. The standard InChI is InChI=1S/C34H64O4/c1-3-5-7-9-11-13-15-17-19-21-24-28-32(35)37-34(30-26-23-27-31-34)38-33(36)29-25-22-20-18-16-14-12-10-8-6-4-2/h3-31H2,1-2H3. The second kappa shape index (κ2) is 24.9. The summed E-state index contributed by atoms with van der Waals surface area (Å²) in [6.07, 6.45) is 33.0. The van der Waals surface area contributed by atoms with Gasteiger partial charge < -0.3 is 9.47 Å². The van der Waals surface area contributed by atoms with Gasteiger partial charge in [-0.25, -0.2) is 0 Å². The van der Waals surface area contributed by atoms with E-state index in [2.05, 4.69) is 13.8 Å². The third kappa shape index (κ3) is 19.9. The Morgan fingerprint density at radius 2 is 0.737 bits per heavy atom. The van der Waals surface area contributed by atoms with Gasteiger partial charge in [0.05, 0.1) is 0 Å². The van der Waals surface area contributed by atoms with Crippen LogP contribution in [0.4, 0.5) is 0 Å². The van der Waals surface area contributed by atoms with E-state index >= 15 is 0 Å². The Hall–Kier alpha value is -1.06. The van der Waals surface area contributed by atoms with Crippen LogP contribution in [0.2, 0.25) is 0 Å². The zero-order chi connectivity index (χ0) is 27.6. The van der Waals surface area contributed by atoms with E-state index in [1.165, 1.54) is 116 Å². The van der Waals surface area contributed by atoms with Crippen LogP contribution < -0.4 is 0 Å². The van der Waals surface area contributed by atoms with Crippen LogP contribution in [-0.2, 0) is 19.1 Å². The van der Waals surface area contributed by atoms with E-state index in [1.54, 1.807) is 0 Å². The Labute approximate surface area is 236 Å². The van der Waals surface area contributed by atoms with Crippen LogP contribution in [0.15, 0.2) is 0 Å². The van der Waals surface area contributed by atoms with Crippen molar-refractivity contribution < 1.29 is 19.1 Å². The van der Waals surface area contributed by atoms with Gasteiger partial charge in [0.15, 0.2) is 0 Å². The van der Waals surface area contributed by atoms with Gasteiger partial charge in [0, 0.05) is 25.7 Å². The molecule has 1 aliphatic rings. The molecule has 1 rings (SSSR count). The lowest BCUT2D eigenvalue weighted by atomic mass is 9.94. The van der Waals surface area contributed by atoms with Gasteiger partial charge in [-0.05, 0) is 25.7 Å². The van der Waals surface area contributed by atoms with E-state index in [1.807, 2.05) is 0 Å². The normalized spacial score (nSPS) is 14.9. The molecule has 0 heterocycles. The zero-order valence-electron chi connectivity index (χ0n) is 25.6. The van der Waals surface area contributed by atoms with Crippen molar-refractivity contribution in [1.82, 2.24) is 0 Å². The molecule has 4 nitrogen and oxygen atoms in total. The van der Waals surface area contributed by atoms with Gasteiger partial charge in [0.2, 0.25) is 0 Å². The summed E-state index contributed by atoms with van der Waals surface area (Å²) in [5.74, 6) is -1.38. The highest BCUT2D eigenvalue weighted by atomic mass is 16.7. The second-order valence-electron chi connectivity index (χ2n) is 12.0. The number of esters is 2. The monoisotopic (exact) mass is 536 g/mol. The van der Waals surface area contributed by atoms with E-state index in [0.717, 1.165) is 44.9 Å². The maximum atomic E-state index is 12.6. The Morgan fingerprint density at radius 1 is 0.447 bits per heavy atom. The molecule has 4 heteroatoms. The number of hydrogen-bond donors (Lipinski definition) is 0. The summed E-state index contributed by atoms with van der Waals surface area (Å²) in [5, 5.41) is 0. The lowest BCUT2D eigenvalue weighted by molar-refractivity contribution is -0.239. The minimum atomic E-state index is -0.998. The minimum absolute atomic E-state index is 0.190. The molecule has 0 aromatic carbocycles. The molecule has 0 amide bonds.